The summed E-state index contributed by atoms with van der Waals surface area (Å²) in [5.74, 6) is -1.08. The molecule has 1 saturated carbocycles. The summed E-state index contributed by atoms with van der Waals surface area (Å²) in [5, 5.41) is 10.5. The lowest BCUT2D eigenvalue weighted by Gasteiger charge is -2.38. The molecule has 2 bridgehead atoms. The molecule has 0 unspecified atom stereocenters. The molecule has 1 aromatic heterocycles. The molecule has 1 aromatic rings. The summed E-state index contributed by atoms with van der Waals surface area (Å²) in [6.45, 7) is 1.81. The average Bonchev–Trinajstić information content (AvgIpc) is 3.19. The summed E-state index contributed by atoms with van der Waals surface area (Å²) in [5.41, 5.74) is 1.51. The number of hydrogen-bond acceptors (Lipinski definition) is 6. The zero-order valence-corrected chi connectivity index (χ0v) is 14.0. The van der Waals surface area contributed by atoms with Gasteiger partial charge in [-0.25, -0.2) is 0 Å². The number of fused-ring (bicyclic) bond motifs is 1. The van der Waals surface area contributed by atoms with Crippen molar-refractivity contribution < 1.29 is 14.4 Å². The minimum absolute atomic E-state index is 0.130. The van der Waals surface area contributed by atoms with E-state index in [0.29, 0.717) is 11.6 Å². The van der Waals surface area contributed by atoms with Gasteiger partial charge in [-0.15, -0.1) is 10.2 Å². The number of imide groups is 1. The minimum atomic E-state index is -0.793. The number of aromatic nitrogens is 2. The molecule has 2 heterocycles. The number of hydrogen-bond donors (Lipinski definition) is 1. The van der Waals surface area contributed by atoms with E-state index in [1.807, 2.05) is 0 Å². The average molecular weight is 346 g/mol. The predicted octanol–water partition coefficient (Wildman–Crippen LogP) is 1.45. The van der Waals surface area contributed by atoms with Crippen LogP contribution in [0.3, 0.4) is 0 Å². The van der Waals surface area contributed by atoms with Crippen LogP contribution in [0.2, 0.25) is 0 Å². The molecule has 1 N–H and O–H groups in total. The first-order valence-electron chi connectivity index (χ1n) is 8.24. The number of amides is 3. The van der Waals surface area contributed by atoms with Crippen molar-refractivity contribution in [1.29, 1.82) is 0 Å². The molecule has 3 aliphatic carbocycles. The van der Waals surface area contributed by atoms with Crippen molar-refractivity contribution in [2.24, 2.45) is 23.7 Å². The van der Waals surface area contributed by atoms with Gasteiger partial charge in [0, 0.05) is 0 Å². The van der Waals surface area contributed by atoms with E-state index in [1.54, 1.807) is 6.92 Å². The highest BCUT2D eigenvalue weighted by molar-refractivity contribution is 7.13. The number of nitrogens with zero attached hydrogens (tertiary/aromatic N) is 3. The van der Waals surface area contributed by atoms with Gasteiger partial charge in [0.15, 0.2) is 0 Å². The zero-order chi connectivity index (χ0) is 16.8. The van der Waals surface area contributed by atoms with Gasteiger partial charge in [-0.2, -0.15) is 0 Å². The van der Waals surface area contributed by atoms with Gasteiger partial charge in [0.2, 0.25) is 22.9 Å². The molecule has 1 saturated heterocycles. The van der Waals surface area contributed by atoms with Gasteiger partial charge in [-0.05, 0) is 31.1 Å². The van der Waals surface area contributed by atoms with Gasteiger partial charge in [0.1, 0.15) is 11.6 Å². The van der Waals surface area contributed by atoms with Crippen LogP contribution in [-0.4, -0.2) is 38.9 Å². The van der Waals surface area contributed by atoms with E-state index >= 15 is 0 Å². The number of nitrogens with one attached hydrogen (secondary N) is 1. The lowest BCUT2D eigenvalue weighted by molar-refractivity contribution is -0.146. The van der Waals surface area contributed by atoms with Crippen LogP contribution in [-0.2, 0) is 14.4 Å². The molecule has 5 rings (SSSR count). The van der Waals surface area contributed by atoms with Crippen LogP contribution in [0.5, 0.6) is 0 Å². The molecule has 0 radical (unpaired) electrons. The monoisotopic (exact) mass is 346 g/mol. The normalized spacial score (nSPS) is 32.1. The summed E-state index contributed by atoms with van der Waals surface area (Å²) in [6.07, 6.45) is 6.43. The first-order valence-corrected chi connectivity index (χ1v) is 9.12. The highest BCUT2D eigenvalue weighted by Gasteiger charge is 2.58. The molecule has 7 nitrogen and oxygen atoms in total. The van der Waals surface area contributed by atoms with Crippen LogP contribution in [0, 0.1) is 23.7 Å². The molecule has 3 amide bonds. The van der Waals surface area contributed by atoms with Crippen LogP contribution in [0.1, 0.15) is 26.2 Å². The fourth-order valence-corrected chi connectivity index (χ4v) is 4.75. The molecule has 2 fully saturated rings. The van der Waals surface area contributed by atoms with E-state index in [9.17, 15) is 14.4 Å². The van der Waals surface area contributed by atoms with Crippen molar-refractivity contribution in [2.75, 3.05) is 5.32 Å². The second kappa shape index (κ2) is 5.77. The van der Waals surface area contributed by atoms with Crippen molar-refractivity contribution >= 4 is 34.2 Å². The Hall–Kier alpha value is -2.09. The molecular weight excluding hydrogens is 328 g/mol. The summed E-state index contributed by atoms with van der Waals surface area (Å²) in [4.78, 5) is 39.6. The minimum Gasteiger partial charge on any atom is -0.299 e. The maximum Gasteiger partial charge on any atom is 0.249 e. The third kappa shape index (κ3) is 2.20. The van der Waals surface area contributed by atoms with Gasteiger partial charge >= 0.3 is 0 Å². The Morgan fingerprint density at radius 2 is 1.92 bits per heavy atom. The van der Waals surface area contributed by atoms with E-state index in [2.05, 4.69) is 27.7 Å². The Morgan fingerprint density at radius 1 is 1.29 bits per heavy atom. The van der Waals surface area contributed by atoms with Crippen molar-refractivity contribution in [3.63, 3.8) is 0 Å². The van der Waals surface area contributed by atoms with Gasteiger partial charge in [0.05, 0.1) is 11.8 Å². The molecule has 24 heavy (non-hydrogen) atoms. The van der Waals surface area contributed by atoms with Crippen LogP contribution < -0.4 is 5.32 Å². The summed E-state index contributed by atoms with van der Waals surface area (Å²) < 4.78 is 0. The maximum atomic E-state index is 12.9. The van der Waals surface area contributed by atoms with Gasteiger partial charge in [-0.3, -0.25) is 24.6 Å². The van der Waals surface area contributed by atoms with Crippen molar-refractivity contribution in [3.05, 3.63) is 17.7 Å². The summed E-state index contributed by atoms with van der Waals surface area (Å²) in [7, 11) is 0. The maximum absolute atomic E-state index is 12.9. The SMILES string of the molecule is CC[C@H](C(=O)Nc1nncs1)N1C(=O)[C@@H]2[C@H](C1=O)[C@H]1C=C[C@H]2CC1. The quantitative estimate of drug-likeness (QED) is 0.658. The third-order valence-corrected chi connectivity index (χ3v) is 5.99. The van der Waals surface area contributed by atoms with Gasteiger partial charge in [0.25, 0.3) is 0 Å². The third-order valence-electron chi connectivity index (χ3n) is 5.38. The molecule has 0 spiro atoms. The first kappa shape index (κ1) is 15.4. The Kier molecular flexibility index (Phi) is 3.71. The smallest absolute Gasteiger partial charge is 0.249 e. The largest absolute Gasteiger partial charge is 0.299 e. The molecule has 4 aliphatic rings. The van der Waals surface area contributed by atoms with Crippen molar-refractivity contribution in [3.8, 4) is 0 Å². The highest BCUT2D eigenvalue weighted by Crippen LogP contribution is 2.50. The fraction of sp³-hybridized carbons (Fsp3) is 0.562. The van der Waals surface area contributed by atoms with Gasteiger partial charge < -0.3 is 0 Å². The Labute approximate surface area is 143 Å². The number of rotatable bonds is 4. The number of carbonyl (C=O) groups is 3. The van der Waals surface area contributed by atoms with E-state index in [4.69, 9.17) is 0 Å². The van der Waals surface area contributed by atoms with Crippen LogP contribution in [0.4, 0.5) is 5.13 Å². The lowest BCUT2D eigenvalue weighted by atomic mass is 9.63. The van der Waals surface area contributed by atoms with Crippen LogP contribution in [0.25, 0.3) is 0 Å². The van der Waals surface area contributed by atoms with Gasteiger partial charge in [-0.1, -0.05) is 30.4 Å². The summed E-state index contributed by atoms with van der Waals surface area (Å²) in [6, 6.07) is -0.793. The molecule has 0 aromatic carbocycles. The van der Waals surface area contributed by atoms with E-state index < -0.39 is 6.04 Å². The second-order valence-electron chi connectivity index (χ2n) is 6.55. The Bertz CT molecular complexity index is 685. The Balaban J connectivity index is 1.59. The standard InChI is InChI=1S/C16H18N4O3S/c1-2-10(13(21)18-16-19-17-7-24-16)20-14(22)11-8-3-4-9(6-5-8)12(11)15(20)23/h3-4,7-12H,2,5-6H2,1H3,(H,18,19,21)/t8-,9-,10+,11-,12+/m0/s1. The number of anilines is 1. The second-order valence-corrected chi connectivity index (χ2v) is 7.38. The molecule has 1 aliphatic heterocycles. The number of carbonyl (C=O) groups excluding carboxylic acids is 3. The van der Waals surface area contributed by atoms with E-state index in [0.717, 1.165) is 12.8 Å². The molecule has 8 heteroatoms. The van der Waals surface area contributed by atoms with Crippen LogP contribution in [0.15, 0.2) is 17.7 Å². The van der Waals surface area contributed by atoms with E-state index in [-0.39, 0.29) is 41.4 Å². The topological polar surface area (TPSA) is 92.3 Å². The molecule has 5 atom stereocenters. The Morgan fingerprint density at radius 3 is 2.38 bits per heavy atom. The predicted molar refractivity (Wildman–Crippen MR) is 86.8 cm³/mol. The van der Waals surface area contributed by atoms with Crippen molar-refractivity contribution in [1.82, 2.24) is 15.1 Å². The molecular formula is C16H18N4O3S. The molecule has 126 valence electrons. The van der Waals surface area contributed by atoms with Crippen molar-refractivity contribution in [2.45, 2.75) is 32.2 Å². The first-order chi connectivity index (χ1) is 11.6. The van der Waals surface area contributed by atoms with E-state index in [1.165, 1.54) is 21.7 Å². The highest BCUT2D eigenvalue weighted by atomic mass is 32.1. The zero-order valence-electron chi connectivity index (χ0n) is 13.2. The number of allylic oxidation sites excluding steroid dienone is 2. The number of likely N-dealkylation sites (tertiary alicyclic amines) is 1. The van der Waals surface area contributed by atoms with Crippen LogP contribution >= 0.6 is 11.3 Å². The lowest BCUT2D eigenvalue weighted by Crippen LogP contribution is -2.47. The fourth-order valence-electron chi connectivity index (χ4n) is 4.31. The summed E-state index contributed by atoms with van der Waals surface area (Å²) >= 11 is 1.20.